The zero-order chi connectivity index (χ0) is 15.0. The van der Waals surface area contributed by atoms with Crippen LogP contribution in [0.1, 0.15) is 44.9 Å². The molecule has 2 bridgehead atoms. The van der Waals surface area contributed by atoms with Crippen LogP contribution in [-0.4, -0.2) is 64.7 Å². The van der Waals surface area contributed by atoms with Crippen LogP contribution in [0, 0.1) is 0 Å². The van der Waals surface area contributed by atoms with Crippen molar-refractivity contribution < 1.29 is 14.7 Å². The number of hydrogen-bond acceptors (Lipinski definition) is 3. The van der Waals surface area contributed by atoms with Gasteiger partial charge in [-0.3, -0.25) is 0 Å². The number of nitrogens with zero attached hydrogens (tertiary/aromatic N) is 2. The molecule has 0 aromatic rings. The first kappa shape index (κ1) is 14.6. The maximum atomic E-state index is 12.4. The average molecular weight is 295 g/mol. The molecule has 3 heterocycles. The van der Waals surface area contributed by atoms with Crippen molar-refractivity contribution in [2.45, 2.75) is 69.1 Å². The maximum Gasteiger partial charge on any atom is 0.326 e. The van der Waals surface area contributed by atoms with Gasteiger partial charge in [-0.1, -0.05) is 6.42 Å². The van der Waals surface area contributed by atoms with Gasteiger partial charge in [0.05, 0.1) is 0 Å². The highest BCUT2D eigenvalue weighted by Crippen LogP contribution is 2.32. The standard InChI is InChI=1S/C15H25N3O3/c1-17-11-4-2-5-12(17)9-10(8-11)16-15(21)18-7-3-6-13(18)14(19)20/h10-13H,2-9H2,1H3,(H,16,21)(H,19,20)/t10?,11?,12?,13-/m1/s1. The molecule has 3 saturated heterocycles. The smallest absolute Gasteiger partial charge is 0.326 e. The number of rotatable bonds is 2. The van der Waals surface area contributed by atoms with Crippen LogP contribution in [-0.2, 0) is 4.79 Å². The summed E-state index contributed by atoms with van der Waals surface area (Å²) in [7, 11) is 2.19. The van der Waals surface area contributed by atoms with Crippen LogP contribution in [0.2, 0.25) is 0 Å². The second-order valence-electron chi connectivity index (χ2n) is 6.71. The molecule has 0 aliphatic carbocycles. The van der Waals surface area contributed by atoms with Crippen LogP contribution >= 0.6 is 0 Å². The third-order valence-electron chi connectivity index (χ3n) is 5.47. The minimum atomic E-state index is -0.886. The number of fused-ring (bicyclic) bond motifs is 2. The maximum absolute atomic E-state index is 12.4. The monoisotopic (exact) mass is 295 g/mol. The van der Waals surface area contributed by atoms with Gasteiger partial charge in [0.1, 0.15) is 6.04 Å². The second kappa shape index (κ2) is 5.83. The third kappa shape index (κ3) is 2.86. The second-order valence-corrected chi connectivity index (χ2v) is 6.71. The van der Waals surface area contributed by atoms with E-state index in [0.717, 1.165) is 19.3 Å². The molecule has 118 valence electrons. The molecule has 0 spiro atoms. The van der Waals surface area contributed by atoms with Crippen LogP contribution < -0.4 is 5.32 Å². The normalized spacial score (nSPS) is 36.5. The number of likely N-dealkylation sites (tertiary alicyclic amines) is 1. The zero-order valence-corrected chi connectivity index (χ0v) is 12.6. The first-order valence-corrected chi connectivity index (χ1v) is 8.08. The molecule has 6 heteroatoms. The number of carbonyl (C=O) groups is 2. The number of amides is 2. The van der Waals surface area contributed by atoms with Crippen molar-refractivity contribution in [3.05, 3.63) is 0 Å². The SMILES string of the molecule is CN1C2CCCC1CC(NC(=O)N1CCC[C@@H]1C(=O)O)C2. The van der Waals surface area contributed by atoms with Gasteiger partial charge in [0.15, 0.2) is 0 Å². The van der Waals surface area contributed by atoms with Gasteiger partial charge in [-0.05, 0) is 45.6 Å². The fraction of sp³-hybridized carbons (Fsp3) is 0.867. The van der Waals surface area contributed by atoms with Crippen molar-refractivity contribution in [2.24, 2.45) is 0 Å². The molecule has 3 atom stereocenters. The van der Waals surface area contributed by atoms with Gasteiger partial charge in [0.25, 0.3) is 0 Å². The summed E-state index contributed by atoms with van der Waals surface area (Å²) in [5.74, 6) is -0.886. The molecule has 0 aromatic heterocycles. The largest absolute Gasteiger partial charge is 0.480 e. The molecule has 0 radical (unpaired) electrons. The Balaban J connectivity index is 1.59. The number of carboxylic acids is 1. The average Bonchev–Trinajstić information content (AvgIpc) is 2.89. The van der Waals surface area contributed by atoms with Gasteiger partial charge in [0, 0.05) is 24.7 Å². The summed E-state index contributed by atoms with van der Waals surface area (Å²) in [5, 5.41) is 12.3. The number of nitrogens with one attached hydrogen (secondary N) is 1. The number of piperidine rings is 2. The lowest BCUT2D eigenvalue weighted by atomic mass is 9.82. The van der Waals surface area contributed by atoms with E-state index in [2.05, 4.69) is 17.3 Å². The van der Waals surface area contributed by atoms with Gasteiger partial charge >= 0.3 is 12.0 Å². The lowest BCUT2D eigenvalue weighted by Crippen LogP contribution is -2.57. The molecule has 0 saturated carbocycles. The number of hydrogen-bond donors (Lipinski definition) is 2. The zero-order valence-electron chi connectivity index (χ0n) is 12.6. The Hall–Kier alpha value is -1.30. The highest BCUT2D eigenvalue weighted by molar-refractivity contribution is 5.83. The van der Waals surface area contributed by atoms with Crippen molar-refractivity contribution >= 4 is 12.0 Å². The molecule has 3 aliphatic heterocycles. The predicted octanol–water partition coefficient (Wildman–Crippen LogP) is 1.26. The van der Waals surface area contributed by atoms with Gasteiger partial charge in [-0.2, -0.15) is 0 Å². The minimum absolute atomic E-state index is 0.187. The summed E-state index contributed by atoms with van der Waals surface area (Å²) in [4.78, 5) is 27.5. The number of aliphatic carboxylic acids is 1. The molecular formula is C15H25N3O3. The lowest BCUT2D eigenvalue weighted by Gasteiger charge is -2.47. The molecular weight excluding hydrogens is 270 g/mol. The summed E-state index contributed by atoms with van der Waals surface area (Å²) in [6, 6.07) is 0.496. The Kier molecular flexibility index (Phi) is 4.06. The summed E-state index contributed by atoms with van der Waals surface area (Å²) in [5.41, 5.74) is 0. The van der Waals surface area contributed by atoms with Gasteiger partial charge < -0.3 is 20.2 Å². The Morgan fingerprint density at radius 3 is 2.38 bits per heavy atom. The van der Waals surface area contributed by atoms with Crippen LogP contribution in [0.25, 0.3) is 0 Å². The molecule has 3 rings (SSSR count). The van der Waals surface area contributed by atoms with Crippen molar-refractivity contribution in [1.82, 2.24) is 15.1 Å². The molecule has 21 heavy (non-hydrogen) atoms. The van der Waals surface area contributed by atoms with E-state index >= 15 is 0 Å². The number of urea groups is 1. The Labute approximate surface area is 125 Å². The summed E-state index contributed by atoms with van der Waals surface area (Å²) < 4.78 is 0. The molecule has 6 nitrogen and oxygen atoms in total. The van der Waals surface area contributed by atoms with Crippen LogP contribution in [0.5, 0.6) is 0 Å². The van der Waals surface area contributed by atoms with E-state index in [0.29, 0.717) is 25.0 Å². The summed E-state index contributed by atoms with van der Waals surface area (Å²) >= 11 is 0. The first-order valence-electron chi connectivity index (χ1n) is 8.08. The lowest BCUT2D eigenvalue weighted by molar-refractivity contribution is -0.141. The molecule has 2 amide bonds. The Morgan fingerprint density at radius 1 is 1.10 bits per heavy atom. The van der Waals surface area contributed by atoms with Crippen molar-refractivity contribution in [3.8, 4) is 0 Å². The van der Waals surface area contributed by atoms with Crippen molar-refractivity contribution in [3.63, 3.8) is 0 Å². The fourth-order valence-electron chi connectivity index (χ4n) is 4.26. The molecule has 2 unspecified atom stereocenters. The van der Waals surface area contributed by atoms with E-state index < -0.39 is 12.0 Å². The van der Waals surface area contributed by atoms with Crippen LogP contribution in [0.3, 0.4) is 0 Å². The number of carboxylic acid groups (broad SMARTS) is 1. The van der Waals surface area contributed by atoms with Crippen LogP contribution in [0.15, 0.2) is 0 Å². The molecule has 2 N–H and O–H groups in total. The van der Waals surface area contributed by atoms with E-state index in [1.807, 2.05) is 0 Å². The van der Waals surface area contributed by atoms with Crippen molar-refractivity contribution in [2.75, 3.05) is 13.6 Å². The predicted molar refractivity (Wildman–Crippen MR) is 78.1 cm³/mol. The topological polar surface area (TPSA) is 72.9 Å². The molecule has 3 aliphatic rings. The quantitative estimate of drug-likeness (QED) is 0.804. The molecule has 0 aromatic carbocycles. The van der Waals surface area contributed by atoms with Gasteiger partial charge in [0.2, 0.25) is 0 Å². The van der Waals surface area contributed by atoms with E-state index in [4.69, 9.17) is 0 Å². The van der Waals surface area contributed by atoms with Gasteiger partial charge in [-0.15, -0.1) is 0 Å². The summed E-state index contributed by atoms with van der Waals surface area (Å²) in [6.07, 6.45) is 7.04. The van der Waals surface area contributed by atoms with E-state index in [1.54, 1.807) is 0 Å². The van der Waals surface area contributed by atoms with Gasteiger partial charge in [-0.25, -0.2) is 9.59 Å². The first-order chi connectivity index (χ1) is 10.1. The van der Waals surface area contributed by atoms with Crippen LogP contribution in [0.4, 0.5) is 4.79 Å². The van der Waals surface area contributed by atoms with Crippen molar-refractivity contribution in [1.29, 1.82) is 0 Å². The van der Waals surface area contributed by atoms with E-state index in [-0.39, 0.29) is 12.1 Å². The number of carbonyl (C=O) groups excluding carboxylic acids is 1. The highest BCUT2D eigenvalue weighted by atomic mass is 16.4. The highest BCUT2D eigenvalue weighted by Gasteiger charge is 2.39. The Morgan fingerprint density at radius 2 is 1.76 bits per heavy atom. The minimum Gasteiger partial charge on any atom is -0.480 e. The van der Waals surface area contributed by atoms with E-state index in [1.165, 1.54) is 24.2 Å². The molecule has 3 fully saturated rings. The van der Waals surface area contributed by atoms with E-state index in [9.17, 15) is 14.7 Å². The Bertz CT molecular complexity index is 414. The fourth-order valence-corrected chi connectivity index (χ4v) is 4.26. The summed E-state index contributed by atoms with van der Waals surface area (Å²) in [6.45, 7) is 0.558. The third-order valence-corrected chi connectivity index (χ3v) is 5.47.